The molecule has 0 radical (unpaired) electrons. The molecule has 19 heavy (non-hydrogen) atoms. The lowest BCUT2D eigenvalue weighted by Crippen LogP contribution is -2.40. The molecule has 1 fully saturated rings. The van der Waals surface area contributed by atoms with Crippen molar-refractivity contribution in [3.05, 3.63) is 34.8 Å². The third-order valence-corrected chi connectivity index (χ3v) is 3.46. The molecule has 0 bridgehead atoms. The number of rotatable bonds is 0. The Bertz CT molecular complexity index is 704. The van der Waals surface area contributed by atoms with Crippen LogP contribution in [0.4, 0.5) is 0 Å². The van der Waals surface area contributed by atoms with Crippen LogP contribution in [-0.4, -0.2) is 29.7 Å². The zero-order chi connectivity index (χ0) is 13.3. The molecule has 1 amide bonds. The first kappa shape index (κ1) is 12.1. The smallest absolute Gasteiger partial charge is 0.286 e. The highest BCUT2D eigenvalue weighted by Crippen LogP contribution is 2.16. The molecule has 4 heteroatoms. The van der Waals surface area contributed by atoms with E-state index < -0.39 is 5.60 Å². The van der Waals surface area contributed by atoms with Crippen LogP contribution >= 0.6 is 0 Å². The summed E-state index contributed by atoms with van der Waals surface area (Å²) >= 11 is 0. The van der Waals surface area contributed by atoms with E-state index >= 15 is 0 Å². The number of nitrogens with zero attached hydrogens (tertiary/aromatic N) is 1. The number of benzene rings is 1. The van der Waals surface area contributed by atoms with Gasteiger partial charge in [-0.15, -0.1) is 0 Å². The maximum Gasteiger partial charge on any atom is 0.286 e. The lowest BCUT2D eigenvalue weighted by molar-refractivity contribution is -0.112. The van der Waals surface area contributed by atoms with E-state index in [0.717, 1.165) is 18.3 Å². The third kappa shape index (κ3) is 2.30. The van der Waals surface area contributed by atoms with Crippen molar-refractivity contribution in [1.82, 2.24) is 5.32 Å². The topological polar surface area (TPSA) is 61.7 Å². The molecule has 0 unspecified atom stereocenters. The monoisotopic (exact) mass is 254 g/mol. The summed E-state index contributed by atoms with van der Waals surface area (Å²) in [6.07, 6.45) is 1.17. The van der Waals surface area contributed by atoms with Gasteiger partial charge in [0.2, 0.25) is 0 Å². The van der Waals surface area contributed by atoms with Crippen molar-refractivity contribution in [2.75, 3.05) is 13.1 Å². The van der Waals surface area contributed by atoms with Gasteiger partial charge in [-0.1, -0.05) is 30.0 Å². The second kappa shape index (κ2) is 4.61. The number of para-hydroxylation sites is 1. The first-order valence-electron chi connectivity index (χ1n) is 6.37. The van der Waals surface area contributed by atoms with E-state index in [0.29, 0.717) is 23.8 Å². The van der Waals surface area contributed by atoms with Crippen LogP contribution in [0.2, 0.25) is 0 Å². The van der Waals surface area contributed by atoms with Gasteiger partial charge in [-0.3, -0.25) is 4.79 Å². The molecule has 0 aromatic heterocycles. The largest absolute Gasteiger partial charge is 0.377 e. The minimum absolute atomic E-state index is 0.314. The number of nitrogens with one attached hydrogen (secondary N) is 1. The molecule has 1 aromatic rings. The zero-order valence-electron chi connectivity index (χ0n) is 10.4. The van der Waals surface area contributed by atoms with Gasteiger partial charge in [-0.05, 0) is 32.0 Å². The third-order valence-electron chi connectivity index (χ3n) is 3.46. The van der Waals surface area contributed by atoms with Crippen molar-refractivity contribution in [3.8, 4) is 11.8 Å². The van der Waals surface area contributed by atoms with Crippen LogP contribution in [0.25, 0.3) is 5.57 Å². The second-order valence-corrected chi connectivity index (χ2v) is 4.84. The van der Waals surface area contributed by atoms with Gasteiger partial charge in [0, 0.05) is 5.22 Å². The maximum absolute atomic E-state index is 11.8. The lowest BCUT2D eigenvalue weighted by atomic mass is 9.93. The number of fused-ring (bicyclic) bond motifs is 1. The number of carbonyl (C=O) groups excluding carboxylic acids is 1. The second-order valence-electron chi connectivity index (χ2n) is 4.84. The highest BCUT2D eigenvalue weighted by molar-refractivity contribution is 6.21. The molecule has 2 heterocycles. The summed E-state index contributed by atoms with van der Waals surface area (Å²) in [4.78, 5) is 15.8. The number of hydrogen-bond acceptors (Lipinski definition) is 3. The van der Waals surface area contributed by atoms with Crippen molar-refractivity contribution in [2.45, 2.75) is 18.4 Å². The number of piperidine rings is 1. The Hall–Kier alpha value is -1.96. The highest BCUT2D eigenvalue weighted by Gasteiger charge is 2.27. The number of amides is 1. The van der Waals surface area contributed by atoms with Gasteiger partial charge in [0.25, 0.3) is 5.91 Å². The highest BCUT2D eigenvalue weighted by atomic mass is 16.3. The summed E-state index contributed by atoms with van der Waals surface area (Å²) in [6, 6.07) is 7.32. The van der Waals surface area contributed by atoms with E-state index in [1.165, 1.54) is 0 Å². The van der Waals surface area contributed by atoms with E-state index in [-0.39, 0.29) is 5.91 Å². The fourth-order valence-corrected chi connectivity index (χ4v) is 2.33. The number of hydrogen-bond donors (Lipinski definition) is 2. The van der Waals surface area contributed by atoms with E-state index in [1.807, 2.05) is 18.2 Å². The molecule has 0 spiro atoms. The Labute approximate surface area is 110 Å². The fraction of sp³-hybridized carbons (Fsp3) is 0.333. The van der Waals surface area contributed by atoms with E-state index in [2.05, 4.69) is 22.2 Å². The van der Waals surface area contributed by atoms with Crippen molar-refractivity contribution >= 4 is 11.5 Å². The molecule has 0 saturated carbocycles. The van der Waals surface area contributed by atoms with Gasteiger partial charge in [0.05, 0.1) is 5.36 Å². The minimum atomic E-state index is -0.990. The van der Waals surface area contributed by atoms with Crippen LogP contribution in [0, 0.1) is 11.8 Å². The minimum Gasteiger partial charge on any atom is -0.377 e. The normalized spacial score (nSPS) is 20.3. The standard InChI is InChI=1S/C15H14N2O2/c18-14-12(11-3-1-2-4-13(11)17-14)5-6-15(19)7-9-16-10-8-15/h1-4,16,19H,7-10H2. The molecular formula is C15H14N2O2. The zero-order valence-corrected chi connectivity index (χ0v) is 10.4. The summed E-state index contributed by atoms with van der Waals surface area (Å²) in [7, 11) is 0. The predicted molar refractivity (Wildman–Crippen MR) is 70.5 cm³/mol. The average Bonchev–Trinajstić information content (AvgIpc) is 2.73. The summed E-state index contributed by atoms with van der Waals surface area (Å²) < 4.78 is 0. The van der Waals surface area contributed by atoms with E-state index in [1.54, 1.807) is 6.07 Å². The first-order chi connectivity index (χ1) is 9.18. The molecular weight excluding hydrogens is 240 g/mol. The van der Waals surface area contributed by atoms with E-state index in [9.17, 15) is 9.90 Å². The van der Waals surface area contributed by atoms with Gasteiger partial charge in [0.1, 0.15) is 11.2 Å². The van der Waals surface area contributed by atoms with Crippen LogP contribution in [0.5, 0.6) is 0 Å². The summed E-state index contributed by atoms with van der Waals surface area (Å²) in [6.45, 7) is 1.49. The Balaban J connectivity index is 2.02. The van der Waals surface area contributed by atoms with Crippen LogP contribution in [0.15, 0.2) is 29.3 Å². The molecule has 1 saturated heterocycles. The fourth-order valence-electron chi connectivity index (χ4n) is 2.33. The Morgan fingerprint density at radius 2 is 2.00 bits per heavy atom. The first-order valence-corrected chi connectivity index (χ1v) is 6.37. The van der Waals surface area contributed by atoms with Gasteiger partial charge < -0.3 is 10.4 Å². The van der Waals surface area contributed by atoms with Gasteiger partial charge in [-0.2, -0.15) is 0 Å². The average molecular weight is 254 g/mol. The van der Waals surface area contributed by atoms with Crippen LogP contribution in [0.1, 0.15) is 12.8 Å². The van der Waals surface area contributed by atoms with E-state index in [4.69, 9.17) is 0 Å². The van der Waals surface area contributed by atoms with Gasteiger partial charge in [-0.25, -0.2) is 4.99 Å². The van der Waals surface area contributed by atoms with Crippen molar-refractivity contribution in [3.63, 3.8) is 0 Å². The Kier molecular flexibility index (Phi) is 2.94. The SMILES string of the molecule is O=C1N=c2ccccc2=C1C#CC1(O)CCNCC1. The van der Waals surface area contributed by atoms with Crippen molar-refractivity contribution in [2.24, 2.45) is 4.99 Å². The number of aliphatic hydroxyl groups is 1. The lowest BCUT2D eigenvalue weighted by Gasteiger charge is -2.27. The van der Waals surface area contributed by atoms with Crippen LogP contribution in [-0.2, 0) is 4.79 Å². The molecule has 1 aromatic carbocycles. The molecule has 2 N–H and O–H groups in total. The molecule has 2 aliphatic rings. The molecule has 2 aliphatic heterocycles. The summed E-state index contributed by atoms with van der Waals surface area (Å²) in [5.74, 6) is 5.39. The predicted octanol–water partition coefficient (Wildman–Crippen LogP) is -0.885. The van der Waals surface area contributed by atoms with Gasteiger partial charge >= 0.3 is 0 Å². The molecule has 96 valence electrons. The van der Waals surface area contributed by atoms with Gasteiger partial charge in [0.15, 0.2) is 0 Å². The van der Waals surface area contributed by atoms with Crippen LogP contribution in [0.3, 0.4) is 0 Å². The van der Waals surface area contributed by atoms with Crippen LogP contribution < -0.4 is 15.9 Å². The van der Waals surface area contributed by atoms with Crippen molar-refractivity contribution in [1.29, 1.82) is 0 Å². The summed E-state index contributed by atoms with van der Waals surface area (Å²) in [5.41, 5.74) is -0.599. The Morgan fingerprint density at radius 1 is 1.26 bits per heavy atom. The maximum atomic E-state index is 11.8. The quantitative estimate of drug-likeness (QED) is 0.591. The molecule has 4 nitrogen and oxygen atoms in total. The van der Waals surface area contributed by atoms with Crippen molar-refractivity contribution < 1.29 is 9.90 Å². The number of carbonyl (C=O) groups is 1. The molecule has 3 rings (SSSR count). The molecule has 0 aliphatic carbocycles. The summed E-state index contributed by atoms with van der Waals surface area (Å²) in [5, 5.41) is 14.9. The molecule has 0 atom stereocenters. The Morgan fingerprint density at radius 3 is 2.79 bits per heavy atom.